The Morgan fingerprint density at radius 3 is 2.36 bits per heavy atom. The first-order valence-corrected chi connectivity index (χ1v) is 8.76. The Labute approximate surface area is 142 Å². The van der Waals surface area contributed by atoms with E-state index in [9.17, 15) is 8.42 Å². The SMILES string of the molecule is O=S(=O)(c1cccc(Cl)c1)c1cnc2cc(Cl)ccc2c1Cl. The normalized spacial score (nSPS) is 11.8. The molecule has 0 spiro atoms. The van der Waals surface area contributed by atoms with E-state index in [0.29, 0.717) is 20.9 Å². The van der Waals surface area contributed by atoms with Crippen LogP contribution in [0.1, 0.15) is 0 Å². The van der Waals surface area contributed by atoms with Crippen LogP contribution in [-0.4, -0.2) is 13.4 Å². The van der Waals surface area contributed by atoms with E-state index < -0.39 is 9.84 Å². The summed E-state index contributed by atoms with van der Waals surface area (Å²) in [6.07, 6.45) is 1.23. The maximum Gasteiger partial charge on any atom is 0.209 e. The molecule has 0 aliphatic rings. The van der Waals surface area contributed by atoms with Gasteiger partial charge in [0.25, 0.3) is 0 Å². The van der Waals surface area contributed by atoms with Crippen molar-refractivity contribution in [3.05, 3.63) is 63.7 Å². The first-order chi connectivity index (χ1) is 10.4. The molecule has 22 heavy (non-hydrogen) atoms. The molecule has 0 saturated carbocycles. The minimum Gasteiger partial charge on any atom is -0.255 e. The van der Waals surface area contributed by atoms with Crippen LogP contribution in [0.25, 0.3) is 10.9 Å². The summed E-state index contributed by atoms with van der Waals surface area (Å²) in [6.45, 7) is 0. The molecular weight excluding hydrogens is 365 g/mol. The quantitative estimate of drug-likeness (QED) is 0.634. The second kappa shape index (κ2) is 5.70. The number of rotatable bonds is 2. The minimum atomic E-state index is -3.81. The van der Waals surface area contributed by atoms with Crippen molar-refractivity contribution < 1.29 is 8.42 Å². The van der Waals surface area contributed by atoms with Crippen LogP contribution < -0.4 is 0 Å². The van der Waals surface area contributed by atoms with Gasteiger partial charge in [0.1, 0.15) is 4.90 Å². The van der Waals surface area contributed by atoms with Crippen LogP contribution in [0.5, 0.6) is 0 Å². The van der Waals surface area contributed by atoms with E-state index in [1.54, 1.807) is 30.3 Å². The zero-order valence-corrected chi connectivity index (χ0v) is 14.0. The molecule has 0 bridgehead atoms. The van der Waals surface area contributed by atoms with Gasteiger partial charge in [-0.1, -0.05) is 40.9 Å². The van der Waals surface area contributed by atoms with Crippen molar-refractivity contribution in [1.29, 1.82) is 0 Å². The van der Waals surface area contributed by atoms with Crippen LogP contribution in [0.4, 0.5) is 0 Å². The number of benzene rings is 2. The van der Waals surface area contributed by atoms with E-state index in [4.69, 9.17) is 34.8 Å². The second-order valence-corrected chi connectivity index (χ2v) is 7.73. The standard InChI is InChI=1S/C15H8Cl3NO2S/c16-9-2-1-3-11(6-9)22(20,21)14-8-19-13-7-10(17)4-5-12(13)15(14)18/h1-8H. The molecule has 3 aromatic rings. The van der Waals surface area contributed by atoms with E-state index >= 15 is 0 Å². The number of aromatic nitrogens is 1. The number of halogens is 3. The third-order valence-corrected chi connectivity index (χ3v) is 5.88. The summed E-state index contributed by atoms with van der Waals surface area (Å²) < 4.78 is 25.4. The lowest BCUT2D eigenvalue weighted by Crippen LogP contribution is -2.04. The van der Waals surface area contributed by atoms with Gasteiger partial charge in [-0.15, -0.1) is 0 Å². The van der Waals surface area contributed by atoms with Gasteiger partial charge >= 0.3 is 0 Å². The fourth-order valence-electron chi connectivity index (χ4n) is 2.06. The summed E-state index contributed by atoms with van der Waals surface area (Å²) in [5.74, 6) is 0. The number of sulfone groups is 1. The van der Waals surface area contributed by atoms with Gasteiger partial charge in [0.05, 0.1) is 15.4 Å². The summed E-state index contributed by atoms with van der Waals surface area (Å²) in [5, 5.41) is 1.47. The number of pyridine rings is 1. The predicted octanol–water partition coefficient (Wildman–Crippen LogP) is 5.03. The molecule has 3 rings (SSSR count). The highest BCUT2D eigenvalue weighted by molar-refractivity contribution is 7.91. The molecule has 0 N–H and O–H groups in total. The Balaban J connectivity index is 2.26. The van der Waals surface area contributed by atoms with Crippen LogP contribution in [0.15, 0.2) is 58.5 Å². The van der Waals surface area contributed by atoms with E-state index in [2.05, 4.69) is 4.98 Å². The lowest BCUT2D eigenvalue weighted by atomic mass is 10.2. The summed E-state index contributed by atoms with van der Waals surface area (Å²) in [6, 6.07) is 10.9. The van der Waals surface area contributed by atoms with Crippen molar-refractivity contribution in [3.8, 4) is 0 Å². The molecule has 0 radical (unpaired) electrons. The Morgan fingerprint density at radius 1 is 0.909 bits per heavy atom. The zero-order valence-electron chi connectivity index (χ0n) is 10.9. The third kappa shape index (κ3) is 2.68. The molecule has 0 aliphatic heterocycles. The minimum absolute atomic E-state index is 0.0637. The summed E-state index contributed by atoms with van der Waals surface area (Å²) in [5.41, 5.74) is 0.530. The molecule has 1 heterocycles. The Bertz CT molecular complexity index is 987. The largest absolute Gasteiger partial charge is 0.255 e. The Kier molecular flexibility index (Phi) is 4.03. The Morgan fingerprint density at radius 2 is 1.64 bits per heavy atom. The topological polar surface area (TPSA) is 47.0 Å². The van der Waals surface area contributed by atoms with Crippen LogP contribution in [-0.2, 0) is 9.84 Å². The predicted molar refractivity (Wildman–Crippen MR) is 88.7 cm³/mol. The van der Waals surface area contributed by atoms with Crippen molar-refractivity contribution in [2.75, 3.05) is 0 Å². The monoisotopic (exact) mass is 371 g/mol. The van der Waals surface area contributed by atoms with Gasteiger partial charge in [-0.2, -0.15) is 0 Å². The first kappa shape index (κ1) is 15.6. The van der Waals surface area contributed by atoms with Crippen LogP contribution in [0, 0.1) is 0 Å². The summed E-state index contributed by atoms with van der Waals surface area (Å²) in [4.78, 5) is 4.14. The highest BCUT2D eigenvalue weighted by Crippen LogP contribution is 2.33. The number of hydrogen-bond donors (Lipinski definition) is 0. The van der Waals surface area contributed by atoms with Gasteiger partial charge in [-0.05, 0) is 36.4 Å². The molecule has 7 heteroatoms. The van der Waals surface area contributed by atoms with Crippen LogP contribution in [0.3, 0.4) is 0 Å². The molecule has 0 unspecified atom stereocenters. The van der Waals surface area contributed by atoms with Crippen molar-refractivity contribution >= 4 is 55.5 Å². The van der Waals surface area contributed by atoms with Crippen LogP contribution >= 0.6 is 34.8 Å². The third-order valence-electron chi connectivity index (χ3n) is 3.13. The molecule has 0 saturated heterocycles. The number of hydrogen-bond acceptors (Lipinski definition) is 3. The molecule has 112 valence electrons. The van der Waals surface area contributed by atoms with Crippen molar-refractivity contribution in [2.45, 2.75) is 9.79 Å². The lowest BCUT2D eigenvalue weighted by Gasteiger charge is -2.09. The zero-order chi connectivity index (χ0) is 15.9. The maximum absolute atomic E-state index is 12.7. The smallest absolute Gasteiger partial charge is 0.209 e. The summed E-state index contributed by atoms with van der Waals surface area (Å²) >= 11 is 18.0. The average Bonchev–Trinajstić information content (AvgIpc) is 2.47. The molecular formula is C15H8Cl3NO2S. The lowest BCUT2D eigenvalue weighted by molar-refractivity contribution is 0.596. The molecule has 1 aromatic heterocycles. The van der Waals surface area contributed by atoms with Gasteiger partial charge in [0.15, 0.2) is 0 Å². The fraction of sp³-hybridized carbons (Fsp3) is 0. The fourth-order valence-corrected chi connectivity index (χ4v) is 4.33. The molecule has 0 amide bonds. The first-order valence-electron chi connectivity index (χ1n) is 6.14. The van der Waals surface area contributed by atoms with Gasteiger partial charge < -0.3 is 0 Å². The molecule has 2 aromatic carbocycles. The van der Waals surface area contributed by atoms with Crippen molar-refractivity contribution in [1.82, 2.24) is 4.98 Å². The van der Waals surface area contributed by atoms with Crippen LogP contribution in [0.2, 0.25) is 15.1 Å². The molecule has 3 nitrogen and oxygen atoms in total. The van der Waals surface area contributed by atoms with E-state index in [-0.39, 0.29) is 14.8 Å². The van der Waals surface area contributed by atoms with Crippen molar-refractivity contribution in [2.24, 2.45) is 0 Å². The maximum atomic E-state index is 12.7. The Hall–Kier alpha value is -1.33. The van der Waals surface area contributed by atoms with Crippen molar-refractivity contribution in [3.63, 3.8) is 0 Å². The van der Waals surface area contributed by atoms with E-state index in [1.165, 1.54) is 18.3 Å². The number of fused-ring (bicyclic) bond motifs is 1. The van der Waals surface area contributed by atoms with Gasteiger partial charge in [-0.3, -0.25) is 4.98 Å². The van der Waals surface area contributed by atoms with E-state index in [1.807, 2.05) is 0 Å². The number of nitrogens with zero attached hydrogens (tertiary/aromatic N) is 1. The molecule has 0 aliphatic carbocycles. The highest BCUT2D eigenvalue weighted by Gasteiger charge is 2.23. The second-order valence-electron chi connectivity index (χ2n) is 4.56. The highest BCUT2D eigenvalue weighted by atomic mass is 35.5. The average molecular weight is 373 g/mol. The molecule has 0 fully saturated rings. The van der Waals surface area contributed by atoms with Gasteiger partial charge in [-0.25, -0.2) is 8.42 Å². The molecule has 0 atom stereocenters. The summed E-state index contributed by atoms with van der Waals surface area (Å²) in [7, 11) is -3.81. The van der Waals surface area contributed by atoms with Gasteiger partial charge in [0.2, 0.25) is 9.84 Å². The van der Waals surface area contributed by atoms with Gasteiger partial charge in [0, 0.05) is 21.6 Å². The van der Waals surface area contributed by atoms with E-state index in [0.717, 1.165) is 0 Å².